The number of hydrogen-bond acceptors (Lipinski definition) is 8. The minimum absolute atomic E-state index is 0.0814. The number of carbonyl (C=O) groups excluding carboxylic acids is 3. The van der Waals surface area contributed by atoms with Crippen LogP contribution in [0.3, 0.4) is 0 Å². The molecule has 0 aromatic heterocycles. The van der Waals surface area contributed by atoms with Gasteiger partial charge in [0.05, 0.1) is 17.2 Å². The fourth-order valence-corrected chi connectivity index (χ4v) is 7.62. The van der Waals surface area contributed by atoms with Gasteiger partial charge in [-0.15, -0.1) is 0 Å². The van der Waals surface area contributed by atoms with Crippen molar-refractivity contribution in [2.45, 2.75) is 89.8 Å². The van der Waals surface area contributed by atoms with E-state index < -0.39 is 69.3 Å². The summed E-state index contributed by atoms with van der Waals surface area (Å²) in [5.41, 5.74) is -5.89. The van der Waals surface area contributed by atoms with E-state index in [2.05, 4.69) is 0 Å². The van der Waals surface area contributed by atoms with Gasteiger partial charge in [0.15, 0.2) is 17.2 Å². The van der Waals surface area contributed by atoms with Gasteiger partial charge in [-0.3, -0.25) is 14.4 Å². The topological polar surface area (TPSA) is 152 Å². The smallest absolute Gasteiger partial charge is 0.203 e. The number of hydrogen-bond donors (Lipinski definition) is 5. The van der Waals surface area contributed by atoms with E-state index >= 15 is 0 Å². The highest BCUT2D eigenvalue weighted by atomic mass is 16.4. The minimum atomic E-state index is -2.82. The highest BCUT2D eigenvalue weighted by molar-refractivity contribution is 6.23. The molecule has 0 unspecified atom stereocenters. The Hall–Kier alpha value is -2.97. The van der Waals surface area contributed by atoms with Crippen LogP contribution in [0.1, 0.15) is 94.7 Å². The molecule has 0 spiro atoms. The van der Waals surface area contributed by atoms with E-state index in [9.17, 15) is 39.9 Å². The second-order valence-electron chi connectivity index (χ2n) is 11.8. The average molecular weight is 511 g/mol. The van der Waals surface area contributed by atoms with Crippen molar-refractivity contribution in [3.8, 4) is 5.75 Å². The van der Waals surface area contributed by atoms with Crippen LogP contribution in [0.4, 0.5) is 0 Å². The summed E-state index contributed by atoms with van der Waals surface area (Å²) in [6.07, 6.45) is 2.84. The molecule has 5 atom stereocenters. The molecule has 0 radical (unpaired) electrons. The maximum absolute atomic E-state index is 14.1. The summed E-state index contributed by atoms with van der Waals surface area (Å²) >= 11 is 0. The quantitative estimate of drug-likeness (QED) is 0.376. The first kappa shape index (κ1) is 25.7. The number of phenolic OH excluding ortho intramolecular Hbond substituents is 1. The normalized spacial score (nSPS) is 36.3. The molecule has 5 N–H and O–H groups in total. The average Bonchev–Trinajstić information content (AvgIpc) is 2.84. The van der Waals surface area contributed by atoms with E-state index in [-0.39, 0.29) is 22.8 Å². The van der Waals surface area contributed by atoms with Crippen LogP contribution in [0.2, 0.25) is 0 Å². The van der Waals surface area contributed by atoms with Crippen LogP contribution in [-0.4, -0.2) is 54.6 Å². The van der Waals surface area contributed by atoms with Crippen LogP contribution in [0.5, 0.6) is 5.75 Å². The molecular formula is C29H34O8. The number of aliphatic hydroxyl groups is 4. The van der Waals surface area contributed by atoms with Crippen molar-refractivity contribution in [1.29, 1.82) is 0 Å². The maximum atomic E-state index is 14.1. The summed E-state index contributed by atoms with van der Waals surface area (Å²) in [4.78, 5) is 39.2. The first-order chi connectivity index (χ1) is 17.2. The largest absolute Gasteiger partial charge is 0.508 e. The fourth-order valence-electron chi connectivity index (χ4n) is 7.62. The molecule has 4 aliphatic rings. The lowest BCUT2D eigenvalue weighted by Crippen LogP contribution is -2.72. The summed E-state index contributed by atoms with van der Waals surface area (Å²) in [5.74, 6) is -5.00. The summed E-state index contributed by atoms with van der Waals surface area (Å²) in [6, 6.07) is 3.65. The molecule has 1 aromatic rings. The molecule has 0 amide bonds. The predicted molar refractivity (Wildman–Crippen MR) is 134 cm³/mol. The van der Waals surface area contributed by atoms with Crippen molar-refractivity contribution in [1.82, 2.24) is 0 Å². The van der Waals surface area contributed by atoms with Gasteiger partial charge in [-0.2, -0.15) is 0 Å². The van der Waals surface area contributed by atoms with Gasteiger partial charge in [0.2, 0.25) is 5.78 Å². The summed E-state index contributed by atoms with van der Waals surface area (Å²) in [7, 11) is 0. The molecule has 2 saturated carbocycles. The molecule has 5 rings (SSSR count). The lowest BCUT2D eigenvalue weighted by molar-refractivity contribution is -0.197. The highest BCUT2D eigenvalue weighted by Gasteiger charge is 2.74. The zero-order chi connectivity index (χ0) is 27.2. The molecule has 4 aliphatic carbocycles. The summed E-state index contributed by atoms with van der Waals surface area (Å²) < 4.78 is 0. The molecule has 198 valence electrons. The first-order valence-electron chi connectivity index (χ1n) is 13.0. The number of aromatic hydroxyl groups is 1. The van der Waals surface area contributed by atoms with E-state index in [1.807, 2.05) is 6.07 Å². The third-order valence-corrected chi connectivity index (χ3v) is 9.96. The Kier molecular flexibility index (Phi) is 5.56. The van der Waals surface area contributed by atoms with Crippen molar-refractivity contribution >= 4 is 23.1 Å². The second-order valence-corrected chi connectivity index (χ2v) is 11.8. The predicted octanol–water partition coefficient (Wildman–Crippen LogP) is 3.89. The van der Waals surface area contributed by atoms with Crippen LogP contribution in [0.15, 0.2) is 29.0 Å². The third kappa shape index (κ3) is 2.94. The first-order valence-corrected chi connectivity index (χ1v) is 13.0. The lowest BCUT2D eigenvalue weighted by atomic mass is 9.44. The van der Waals surface area contributed by atoms with Crippen LogP contribution in [-0.2, 0) is 14.4 Å². The van der Waals surface area contributed by atoms with Crippen molar-refractivity contribution in [3.05, 3.63) is 45.7 Å². The highest BCUT2D eigenvalue weighted by Crippen LogP contribution is 2.66. The molecule has 8 nitrogen and oxygen atoms in total. The van der Waals surface area contributed by atoms with Gasteiger partial charge in [-0.05, 0) is 42.7 Å². The van der Waals surface area contributed by atoms with Gasteiger partial charge in [0, 0.05) is 17.3 Å². The van der Waals surface area contributed by atoms with Crippen molar-refractivity contribution in [2.75, 3.05) is 0 Å². The Balaban J connectivity index is 1.79. The lowest BCUT2D eigenvalue weighted by Gasteiger charge is -2.60. The van der Waals surface area contributed by atoms with Crippen LogP contribution in [0.25, 0.3) is 5.76 Å². The number of benzene rings is 1. The SMILES string of the molecule is CC(=O)C1=C(O)[C@]2(O)C(=O)C3=C(O)c4c(ccc(C5CCCCC5)c4O)[C@@H](C)[C@]3(C)[C@@H](O)[C@]2(C)CC1=O. The molecule has 0 heterocycles. The molecular weight excluding hydrogens is 476 g/mol. The van der Waals surface area contributed by atoms with Crippen LogP contribution in [0, 0.1) is 10.8 Å². The summed E-state index contributed by atoms with van der Waals surface area (Å²) in [6.45, 7) is 5.73. The minimum Gasteiger partial charge on any atom is -0.508 e. The molecule has 0 bridgehead atoms. The number of fused-ring (bicyclic) bond motifs is 3. The molecule has 37 heavy (non-hydrogen) atoms. The molecule has 0 saturated heterocycles. The number of aliphatic hydroxyl groups excluding tert-OH is 3. The molecule has 1 aromatic carbocycles. The van der Waals surface area contributed by atoms with E-state index in [4.69, 9.17) is 0 Å². The number of carbonyl (C=O) groups is 3. The van der Waals surface area contributed by atoms with Gasteiger partial charge in [0.1, 0.15) is 22.8 Å². The van der Waals surface area contributed by atoms with E-state index in [1.54, 1.807) is 19.9 Å². The van der Waals surface area contributed by atoms with E-state index in [0.717, 1.165) is 39.0 Å². The monoisotopic (exact) mass is 510 g/mol. The fraction of sp³-hybridized carbons (Fsp3) is 0.552. The second kappa shape index (κ2) is 8.01. The number of Topliss-reactive ketones (excluding diaryl/α,β-unsaturated/α-hetero) is 3. The standard InChI is InChI=1S/C29H34O8/c1-13-16-10-11-17(15-8-6-5-7-9-15)22(32)20(16)23(33)21-25(35)29(37)24(34)19(14(2)30)18(31)12-27(29,3)26(36)28(13,21)4/h10-11,13,15,26,32-34,36-37H,5-9,12H2,1-4H3/t13-,26+,27+,28+,29+/m1/s1. The van der Waals surface area contributed by atoms with Gasteiger partial charge < -0.3 is 25.5 Å². The Morgan fingerprint density at radius 2 is 1.59 bits per heavy atom. The van der Waals surface area contributed by atoms with Crippen molar-refractivity contribution in [3.63, 3.8) is 0 Å². The number of rotatable bonds is 2. The Labute approximate surface area is 215 Å². The van der Waals surface area contributed by atoms with Crippen LogP contribution < -0.4 is 0 Å². The van der Waals surface area contributed by atoms with Gasteiger partial charge in [-0.25, -0.2) is 0 Å². The van der Waals surface area contributed by atoms with E-state index in [1.165, 1.54) is 6.92 Å². The summed E-state index contributed by atoms with van der Waals surface area (Å²) in [5, 5.41) is 57.6. The van der Waals surface area contributed by atoms with E-state index in [0.29, 0.717) is 11.1 Å². The number of phenols is 1. The van der Waals surface area contributed by atoms with Crippen molar-refractivity contribution in [2.24, 2.45) is 10.8 Å². The number of ketones is 3. The number of allylic oxidation sites excluding steroid dienone is 1. The molecule has 8 heteroatoms. The third-order valence-electron chi connectivity index (χ3n) is 9.96. The Morgan fingerprint density at radius 3 is 2.19 bits per heavy atom. The van der Waals surface area contributed by atoms with Gasteiger partial charge in [-0.1, -0.05) is 52.2 Å². The van der Waals surface area contributed by atoms with Gasteiger partial charge >= 0.3 is 0 Å². The Bertz CT molecular complexity index is 1320. The molecule has 0 aliphatic heterocycles. The molecule has 2 fully saturated rings. The zero-order valence-electron chi connectivity index (χ0n) is 21.6. The zero-order valence-corrected chi connectivity index (χ0v) is 21.6. The van der Waals surface area contributed by atoms with Crippen molar-refractivity contribution < 1.29 is 39.9 Å². The Morgan fingerprint density at radius 1 is 1.00 bits per heavy atom. The maximum Gasteiger partial charge on any atom is 0.203 e. The van der Waals surface area contributed by atoms with Gasteiger partial charge in [0.25, 0.3) is 0 Å². The van der Waals surface area contributed by atoms with Crippen LogP contribution >= 0.6 is 0 Å².